The van der Waals surface area contributed by atoms with Gasteiger partial charge >= 0.3 is 5.97 Å². The van der Waals surface area contributed by atoms with E-state index < -0.39 is 24.4 Å². The van der Waals surface area contributed by atoms with Crippen molar-refractivity contribution in [1.82, 2.24) is 5.32 Å². The van der Waals surface area contributed by atoms with Crippen molar-refractivity contribution in [2.24, 2.45) is 17.0 Å². The lowest BCUT2D eigenvalue weighted by Gasteiger charge is -2.49. The molecule has 1 aliphatic carbocycles. The molecule has 3 aromatic carbocycles. The highest BCUT2D eigenvalue weighted by molar-refractivity contribution is 7.89. The van der Waals surface area contributed by atoms with E-state index in [1.807, 2.05) is 42.5 Å². The van der Waals surface area contributed by atoms with E-state index in [-0.39, 0.29) is 54.1 Å². The molecule has 230 valence electrons. The summed E-state index contributed by atoms with van der Waals surface area (Å²) in [7, 11) is -6.73. The Morgan fingerprint density at radius 1 is 0.907 bits per heavy atom. The first-order valence-electron chi connectivity index (χ1n) is 14.7. The Morgan fingerprint density at radius 3 is 1.91 bits per heavy atom. The Morgan fingerprint density at radius 2 is 1.44 bits per heavy atom. The molecule has 0 spiro atoms. The second-order valence-electron chi connectivity index (χ2n) is 12.2. The summed E-state index contributed by atoms with van der Waals surface area (Å²) in [5.41, 5.74) is 0.493. The fraction of sp³-hybridized carbons (Fsp3) is 0.394. The molecule has 10 heteroatoms. The molecule has 0 heterocycles. The number of hydrogen-bond donors (Lipinski definition) is 2. The highest BCUT2D eigenvalue weighted by Gasteiger charge is 2.53. The van der Waals surface area contributed by atoms with Gasteiger partial charge in [0.25, 0.3) is 8.32 Å². The number of carbonyl (C=O) groups excluding carboxylic acids is 2. The van der Waals surface area contributed by atoms with E-state index in [9.17, 15) is 18.0 Å². The maximum absolute atomic E-state index is 13.3. The van der Waals surface area contributed by atoms with Gasteiger partial charge in [-0.3, -0.25) is 4.79 Å². The first-order valence-corrected chi connectivity index (χ1v) is 18.3. The standard InChI is InChI=1S/C33H42N2O6SSi/c1-33(2,3)43(27-15-9-5-10-16-27,28-17-11-6-12-18-28)41-30(23-31(36)35-21-22-42(34,38)39)29-20-19-26(29)24-40-32(37)25-13-7-4-8-14-25/h4-18,26,29-30H,19-24H2,1-3H3,(H,35,36)(H2,34,38,39)/t26-,29+,30-/m0/s1. The predicted molar refractivity (Wildman–Crippen MR) is 171 cm³/mol. The fourth-order valence-electron chi connectivity index (χ4n) is 5.92. The molecule has 0 aromatic heterocycles. The molecular formula is C33H42N2O6SSi. The number of sulfonamides is 1. The lowest BCUT2D eigenvalue weighted by Crippen LogP contribution is -2.68. The predicted octanol–water partition coefficient (Wildman–Crippen LogP) is 3.61. The number of benzene rings is 3. The monoisotopic (exact) mass is 622 g/mol. The Hall–Kier alpha value is -3.31. The summed E-state index contributed by atoms with van der Waals surface area (Å²) in [4.78, 5) is 26.0. The van der Waals surface area contributed by atoms with Crippen LogP contribution in [0.3, 0.4) is 0 Å². The van der Waals surface area contributed by atoms with Crippen molar-refractivity contribution in [3.8, 4) is 0 Å². The highest BCUT2D eigenvalue weighted by Crippen LogP contribution is 2.44. The third-order valence-electron chi connectivity index (χ3n) is 8.23. The molecule has 1 saturated carbocycles. The molecule has 43 heavy (non-hydrogen) atoms. The molecule has 4 rings (SSSR count). The van der Waals surface area contributed by atoms with E-state index in [2.05, 4.69) is 50.4 Å². The SMILES string of the molecule is CC(C)(C)[Si](O[C@@H](CC(=O)NCCS(N)(=O)=O)[C@@H]1CC[C@H]1COC(=O)c1ccccc1)(c1ccccc1)c1ccccc1. The third-order valence-corrected chi connectivity index (χ3v) is 14.1. The summed E-state index contributed by atoms with van der Waals surface area (Å²) in [6.07, 6.45) is 1.22. The van der Waals surface area contributed by atoms with E-state index in [1.165, 1.54) is 0 Å². The molecule has 8 nitrogen and oxygen atoms in total. The number of carbonyl (C=O) groups is 2. The number of hydrogen-bond acceptors (Lipinski definition) is 6. The number of amides is 1. The van der Waals surface area contributed by atoms with E-state index in [0.29, 0.717) is 5.56 Å². The molecule has 3 aromatic rings. The van der Waals surface area contributed by atoms with Crippen molar-refractivity contribution in [3.05, 3.63) is 96.6 Å². The lowest BCUT2D eigenvalue weighted by atomic mass is 9.70. The van der Waals surface area contributed by atoms with Crippen LogP contribution in [0.15, 0.2) is 91.0 Å². The van der Waals surface area contributed by atoms with Gasteiger partial charge in [-0.2, -0.15) is 0 Å². The average Bonchev–Trinajstić information content (AvgIpc) is 2.95. The van der Waals surface area contributed by atoms with Crippen molar-refractivity contribution >= 4 is 40.6 Å². The van der Waals surface area contributed by atoms with Crippen LogP contribution in [0.25, 0.3) is 0 Å². The zero-order chi connectivity index (χ0) is 31.1. The Labute approximate surface area is 256 Å². The smallest absolute Gasteiger partial charge is 0.338 e. The minimum absolute atomic E-state index is 0.0214. The van der Waals surface area contributed by atoms with Crippen LogP contribution in [0, 0.1) is 11.8 Å². The van der Waals surface area contributed by atoms with Crippen molar-refractivity contribution in [2.45, 2.75) is 51.2 Å². The van der Waals surface area contributed by atoms with Crippen molar-refractivity contribution in [1.29, 1.82) is 0 Å². The Kier molecular flexibility index (Phi) is 10.6. The Bertz CT molecular complexity index is 1420. The van der Waals surface area contributed by atoms with Crippen molar-refractivity contribution in [2.75, 3.05) is 18.9 Å². The van der Waals surface area contributed by atoms with Gasteiger partial charge in [-0.25, -0.2) is 18.4 Å². The molecule has 3 N–H and O–H groups in total. The number of nitrogens with one attached hydrogen (secondary N) is 1. The normalized spacial score (nSPS) is 17.9. The van der Waals surface area contributed by atoms with Gasteiger partial charge < -0.3 is 14.5 Å². The quantitative estimate of drug-likeness (QED) is 0.222. The summed E-state index contributed by atoms with van der Waals surface area (Å²) in [6.45, 7) is 6.70. The highest BCUT2D eigenvalue weighted by atomic mass is 32.2. The van der Waals surface area contributed by atoms with Crippen LogP contribution in [0.4, 0.5) is 0 Å². The molecule has 0 aliphatic heterocycles. The van der Waals surface area contributed by atoms with Crippen LogP contribution in [0.2, 0.25) is 5.04 Å². The molecule has 3 atom stereocenters. The molecule has 0 bridgehead atoms. The van der Waals surface area contributed by atoms with E-state index in [1.54, 1.807) is 24.3 Å². The van der Waals surface area contributed by atoms with Gasteiger partial charge in [0.1, 0.15) is 0 Å². The average molecular weight is 623 g/mol. The molecule has 0 saturated heterocycles. The number of esters is 1. The molecule has 0 radical (unpaired) electrons. The lowest BCUT2D eigenvalue weighted by molar-refractivity contribution is -0.124. The van der Waals surface area contributed by atoms with Crippen LogP contribution in [0.5, 0.6) is 0 Å². The summed E-state index contributed by atoms with van der Waals surface area (Å²) < 4.78 is 36.0. The van der Waals surface area contributed by atoms with E-state index in [4.69, 9.17) is 14.3 Å². The second kappa shape index (κ2) is 14.0. The summed E-state index contributed by atoms with van der Waals surface area (Å²) >= 11 is 0. The van der Waals surface area contributed by atoms with Gasteiger partial charge in [0.15, 0.2) is 0 Å². The molecule has 0 unspecified atom stereocenters. The maximum atomic E-state index is 13.3. The second-order valence-corrected chi connectivity index (χ2v) is 18.2. The third kappa shape index (κ3) is 8.20. The summed E-state index contributed by atoms with van der Waals surface area (Å²) in [5.74, 6) is -1.04. The van der Waals surface area contributed by atoms with Crippen LogP contribution >= 0.6 is 0 Å². The van der Waals surface area contributed by atoms with E-state index >= 15 is 0 Å². The first-order chi connectivity index (χ1) is 20.4. The molecular weight excluding hydrogens is 581 g/mol. The minimum atomic E-state index is -3.71. The largest absolute Gasteiger partial charge is 0.462 e. The summed E-state index contributed by atoms with van der Waals surface area (Å²) in [6, 6.07) is 29.3. The number of nitrogens with two attached hydrogens (primary N) is 1. The van der Waals surface area contributed by atoms with Crippen LogP contribution in [0.1, 0.15) is 50.4 Å². The van der Waals surface area contributed by atoms with Gasteiger partial charge in [0, 0.05) is 6.54 Å². The zero-order valence-electron chi connectivity index (χ0n) is 25.1. The van der Waals surface area contributed by atoms with E-state index in [0.717, 1.165) is 23.2 Å². The molecule has 1 amide bonds. The summed E-state index contributed by atoms with van der Waals surface area (Å²) in [5, 5.41) is 9.74. The van der Waals surface area contributed by atoms with Gasteiger partial charge in [-0.05, 0) is 52.2 Å². The van der Waals surface area contributed by atoms with Crippen molar-refractivity contribution in [3.63, 3.8) is 0 Å². The van der Waals surface area contributed by atoms with Gasteiger partial charge in [-0.15, -0.1) is 0 Å². The zero-order valence-corrected chi connectivity index (χ0v) is 26.9. The minimum Gasteiger partial charge on any atom is -0.462 e. The number of primary sulfonamides is 1. The van der Waals surface area contributed by atoms with Crippen LogP contribution in [-0.2, 0) is 24.0 Å². The van der Waals surface area contributed by atoms with Gasteiger partial charge in [0.05, 0.1) is 30.4 Å². The number of rotatable bonds is 13. The van der Waals surface area contributed by atoms with Gasteiger partial charge in [0.2, 0.25) is 15.9 Å². The maximum Gasteiger partial charge on any atom is 0.338 e. The van der Waals surface area contributed by atoms with Crippen molar-refractivity contribution < 1.29 is 27.2 Å². The molecule has 1 fully saturated rings. The van der Waals surface area contributed by atoms with Crippen LogP contribution < -0.4 is 20.8 Å². The topological polar surface area (TPSA) is 125 Å². The Balaban J connectivity index is 1.66. The molecule has 1 aliphatic rings. The number of ether oxygens (including phenoxy) is 1. The van der Waals surface area contributed by atoms with Gasteiger partial charge in [-0.1, -0.05) is 99.6 Å². The van der Waals surface area contributed by atoms with Crippen LogP contribution in [-0.4, -0.2) is 53.6 Å². The fourth-order valence-corrected chi connectivity index (χ4v) is 11.0. The first kappa shape index (κ1) is 32.6.